The molecule has 0 aliphatic rings. The van der Waals surface area contributed by atoms with Crippen LogP contribution in [-0.4, -0.2) is 26.6 Å². The molecule has 0 radical (unpaired) electrons. The summed E-state index contributed by atoms with van der Waals surface area (Å²) in [5, 5.41) is 2.66. The lowest BCUT2D eigenvalue weighted by Crippen LogP contribution is -2.45. The minimum absolute atomic E-state index is 0.130. The van der Waals surface area contributed by atoms with E-state index in [0.717, 1.165) is 39.9 Å². The van der Waals surface area contributed by atoms with Crippen LogP contribution in [0.3, 0.4) is 0 Å². The molecule has 2 aromatic rings. The van der Waals surface area contributed by atoms with E-state index < -0.39 is 33.6 Å². The molecule has 0 saturated heterocycles. The fourth-order valence-electron chi connectivity index (χ4n) is 2.72. The Hall–Kier alpha value is -2.48. The third-order valence-corrected chi connectivity index (χ3v) is 4.98. The van der Waals surface area contributed by atoms with Crippen molar-refractivity contribution in [3.05, 3.63) is 59.2 Å². The lowest BCUT2D eigenvalue weighted by molar-refractivity contribution is -0.116. The molecule has 0 aliphatic carbocycles. The Labute approximate surface area is 151 Å². The topological polar surface area (TPSA) is 66.5 Å². The van der Waals surface area contributed by atoms with Gasteiger partial charge in [-0.15, -0.1) is 0 Å². The predicted octanol–water partition coefficient (Wildman–Crippen LogP) is 3.37. The molecule has 0 spiro atoms. The van der Waals surface area contributed by atoms with Crippen LogP contribution in [0.5, 0.6) is 0 Å². The molecule has 2 aromatic carbocycles. The summed E-state index contributed by atoms with van der Waals surface area (Å²) in [5.74, 6) is -2.89. The number of aryl methyl sites for hydroxylation is 2. The van der Waals surface area contributed by atoms with Crippen LogP contribution in [0.25, 0.3) is 0 Å². The van der Waals surface area contributed by atoms with Gasteiger partial charge in [0, 0.05) is 11.8 Å². The smallest absolute Gasteiger partial charge is 0.247 e. The highest BCUT2D eigenvalue weighted by Gasteiger charge is 2.29. The molecule has 1 atom stereocenters. The molecule has 2 rings (SSSR count). The Kier molecular flexibility index (Phi) is 5.65. The largest absolute Gasteiger partial charge is 0.324 e. The quantitative estimate of drug-likeness (QED) is 0.862. The Morgan fingerprint density at radius 1 is 1.04 bits per heavy atom. The first-order chi connectivity index (χ1) is 12.0. The van der Waals surface area contributed by atoms with Gasteiger partial charge in [-0.3, -0.25) is 9.10 Å². The number of halogens is 2. The molecule has 1 N–H and O–H groups in total. The first-order valence-electron chi connectivity index (χ1n) is 7.82. The van der Waals surface area contributed by atoms with Crippen molar-refractivity contribution < 1.29 is 22.0 Å². The maximum absolute atomic E-state index is 13.5. The minimum Gasteiger partial charge on any atom is -0.324 e. The summed E-state index contributed by atoms with van der Waals surface area (Å²) in [5.41, 5.74) is 2.27. The number of sulfonamides is 1. The van der Waals surface area contributed by atoms with Gasteiger partial charge in [0.1, 0.15) is 6.04 Å². The molecule has 0 aromatic heterocycles. The number of anilines is 2. The second kappa shape index (κ2) is 7.41. The van der Waals surface area contributed by atoms with Crippen LogP contribution in [0.2, 0.25) is 0 Å². The molecule has 5 nitrogen and oxygen atoms in total. The van der Waals surface area contributed by atoms with Crippen LogP contribution < -0.4 is 9.62 Å². The van der Waals surface area contributed by atoms with Gasteiger partial charge < -0.3 is 5.32 Å². The summed E-state index contributed by atoms with van der Waals surface area (Å²) in [6.45, 7) is 5.12. The van der Waals surface area contributed by atoms with E-state index >= 15 is 0 Å². The van der Waals surface area contributed by atoms with Crippen molar-refractivity contribution in [2.45, 2.75) is 26.8 Å². The van der Waals surface area contributed by atoms with Gasteiger partial charge >= 0.3 is 0 Å². The summed E-state index contributed by atoms with van der Waals surface area (Å²) in [6.07, 6.45) is 0.898. The van der Waals surface area contributed by atoms with Crippen LogP contribution in [0.4, 0.5) is 20.2 Å². The van der Waals surface area contributed by atoms with Gasteiger partial charge in [0.15, 0.2) is 11.6 Å². The van der Waals surface area contributed by atoms with E-state index in [1.807, 2.05) is 19.9 Å². The summed E-state index contributed by atoms with van der Waals surface area (Å²) in [6, 6.07) is 6.94. The highest BCUT2D eigenvalue weighted by atomic mass is 32.2. The number of hydrogen-bond donors (Lipinski definition) is 1. The number of carbonyl (C=O) groups is 1. The zero-order chi connectivity index (χ0) is 19.6. The average Bonchev–Trinajstić information content (AvgIpc) is 2.48. The molecule has 8 heteroatoms. The number of carbonyl (C=O) groups excluding carboxylic acids is 1. The molecule has 140 valence electrons. The average molecular weight is 382 g/mol. The standard InChI is InChI=1S/C18H20F2N2O3S/c1-11-7-12(2)9-14(8-11)21-18(23)13(3)22(26(4,24)25)15-5-6-16(19)17(20)10-15/h5-10,13H,1-4H3,(H,21,23)/t13-/m0/s1. The van der Waals surface area contributed by atoms with Gasteiger partial charge in [-0.2, -0.15) is 0 Å². The Bertz CT molecular complexity index is 925. The first kappa shape index (κ1) is 19.8. The number of hydrogen-bond acceptors (Lipinski definition) is 3. The Morgan fingerprint density at radius 2 is 1.62 bits per heavy atom. The maximum atomic E-state index is 13.5. The summed E-state index contributed by atoms with van der Waals surface area (Å²) >= 11 is 0. The number of nitrogens with one attached hydrogen (secondary N) is 1. The minimum atomic E-state index is -3.92. The number of nitrogens with zero attached hydrogens (tertiary/aromatic N) is 1. The molecule has 0 saturated carbocycles. The highest BCUT2D eigenvalue weighted by Crippen LogP contribution is 2.24. The maximum Gasteiger partial charge on any atom is 0.247 e. The van der Waals surface area contributed by atoms with Crippen molar-refractivity contribution in [3.8, 4) is 0 Å². The van der Waals surface area contributed by atoms with Crippen LogP contribution >= 0.6 is 0 Å². The molecule has 0 unspecified atom stereocenters. The third-order valence-electron chi connectivity index (χ3n) is 3.74. The van der Waals surface area contributed by atoms with Crippen molar-refractivity contribution in [3.63, 3.8) is 0 Å². The SMILES string of the molecule is Cc1cc(C)cc(NC(=O)[C@H](C)N(c2ccc(F)c(F)c2)S(C)(=O)=O)c1. The summed E-state index contributed by atoms with van der Waals surface area (Å²) in [4.78, 5) is 12.6. The van der Waals surface area contributed by atoms with E-state index in [9.17, 15) is 22.0 Å². The van der Waals surface area contributed by atoms with Crippen LogP contribution in [0.1, 0.15) is 18.1 Å². The number of amides is 1. The van der Waals surface area contributed by atoms with Gasteiger partial charge in [0.05, 0.1) is 11.9 Å². The van der Waals surface area contributed by atoms with Crippen LogP contribution in [-0.2, 0) is 14.8 Å². The normalized spacial score (nSPS) is 12.5. The van der Waals surface area contributed by atoms with E-state index in [1.54, 1.807) is 12.1 Å². The zero-order valence-corrected chi connectivity index (χ0v) is 15.7. The van der Waals surface area contributed by atoms with E-state index in [0.29, 0.717) is 5.69 Å². The van der Waals surface area contributed by atoms with Crippen molar-refractivity contribution in [1.82, 2.24) is 0 Å². The fraction of sp³-hybridized carbons (Fsp3) is 0.278. The highest BCUT2D eigenvalue weighted by molar-refractivity contribution is 7.92. The fourth-order valence-corrected chi connectivity index (χ4v) is 3.89. The second-order valence-electron chi connectivity index (χ2n) is 6.20. The van der Waals surface area contributed by atoms with Crippen molar-refractivity contribution >= 4 is 27.3 Å². The van der Waals surface area contributed by atoms with Crippen LogP contribution in [0, 0.1) is 25.5 Å². The van der Waals surface area contributed by atoms with Gasteiger partial charge in [0.2, 0.25) is 15.9 Å². The van der Waals surface area contributed by atoms with Gasteiger partial charge in [-0.1, -0.05) is 6.07 Å². The van der Waals surface area contributed by atoms with Crippen molar-refractivity contribution in [2.75, 3.05) is 15.9 Å². The van der Waals surface area contributed by atoms with Crippen LogP contribution in [0.15, 0.2) is 36.4 Å². The molecule has 0 bridgehead atoms. The van der Waals surface area contributed by atoms with E-state index in [2.05, 4.69) is 5.32 Å². The summed E-state index contributed by atoms with van der Waals surface area (Å²) < 4.78 is 51.8. The zero-order valence-electron chi connectivity index (χ0n) is 14.9. The molecule has 0 heterocycles. The number of benzene rings is 2. The monoisotopic (exact) mass is 382 g/mol. The van der Waals surface area contributed by atoms with Crippen molar-refractivity contribution in [2.24, 2.45) is 0 Å². The predicted molar refractivity (Wildman–Crippen MR) is 97.7 cm³/mol. The molecule has 0 aliphatic heterocycles. The number of rotatable bonds is 5. The molecule has 1 amide bonds. The van der Waals surface area contributed by atoms with Gasteiger partial charge in [-0.05, 0) is 56.2 Å². The lowest BCUT2D eigenvalue weighted by Gasteiger charge is -2.28. The van der Waals surface area contributed by atoms with Gasteiger partial charge in [-0.25, -0.2) is 17.2 Å². The molecular formula is C18H20F2N2O3S. The van der Waals surface area contributed by atoms with Crippen molar-refractivity contribution in [1.29, 1.82) is 0 Å². The lowest BCUT2D eigenvalue weighted by atomic mass is 10.1. The molecular weight excluding hydrogens is 362 g/mol. The van der Waals surface area contributed by atoms with E-state index in [-0.39, 0.29) is 5.69 Å². The van der Waals surface area contributed by atoms with E-state index in [1.165, 1.54) is 6.92 Å². The second-order valence-corrected chi connectivity index (χ2v) is 8.06. The third kappa shape index (κ3) is 4.57. The Morgan fingerprint density at radius 3 is 2.12 bits per heavy atom. The van der Waals surface area contributed by atoms with E-state index in [4.69, 9.17) is 0 Å². The van der Waals surface area contributed by atoms with Gasteiger partial charge in [0.25, 0.3) is 0 Å². The Balaban J connectivity index is 2.35. The first-order valence-corrected chi connectivity index (χ1v) is 9.67. The molecule has 0 fully saturated rings. The molecule has 26 heavy (non-hydrogen) atoms. The summed E-state index contributed by atoms with van der Waals surface area (Å²) in [7, 11) is -3.92.